The molecule has 0 aliphatic carbocycles. The van der Waals surface area contributed by atoms with Crippen molar-refractivity contribution in [2.75, 3.05) is 26.9 Å². The monoisotopic (exact) mass is 267 g/mol. The van der Waals surface area contributed by atoms with Gasteiger partial charge in [0.05, 0.1) is 6.61 Å². The number of aliphatic hydroxyl groups is 1. The Kier molecular flexibility index (Phi) is 7.48. The third kappa shape index (κ3) is 6.57. The number of ether oxygens (including phenoxy) is 2. The Bertz CT molecular complexity index is 357. The molecule has 4 nitrogen and oxygen atoms in total. The van der Waals surface area contributed by atoms with Crippen molar-refractivity contribution < 1.29 is 14.6 Å². The van der Waals surface area contributed by atoms with Crippen LogP contribution in [0.2, 0.25) is 0 Å². The molecule has 0 heterocycles. The molecule has 0 aliphatic heterocycles. The lowest BCUT2D eigenvalue weighted by atomic mass is 10.2. The van der Waals surface area contributed by atoms with Gasteiger partial charge < -0.3 is 19.9 Å². The maximum absolute atomic E-state index is 9.83. The van der Waals surface area contributed by atoms with E-state index in [2.05, 4.69) is 18.3 Å². The minimum absolute atomic E-state index is 0.225. The average molecular weight is 267 g/mol. The lowest BCUT2D eigenvalue weighted by Gasteiger charge is -2.17. The Balaban J connectivity index is 2.27. The summed E-state index contributed by atoms with van der Waals surface area (Å²) in [5.41, 5.74) is 1.24. The first-order valence-electron chi connectivity index (χ1n) is 6.77. The summed E-state index contributed by atoms with van der Waals surface area (Å²) >= 11 is 0. The van der Waals surface area contributed by atoms with E-state index in [1.165, 1.54) is 5.56 Å². The average Bonchev–Trinajstić information content (AvgIpc) is 2.43. The molecule has 2 atom stereocenters. The number of hydrogen-bond acceptors (Lipinski definition) is 4. The van der Waals surface area contributed by atoms with E-state index in [0.717, 1.165) is 12.2 Å². The van der Waals surface area contributed by atoms with Gasteiger partial charge in [-0.2, -0.15) is 0 Å². The van der Waals surface area contributed by atoms with E-state index in [9.17, 15) is 5.11 Å². The van der Waals surface area contributed by atoms with Gasteiger partial charge in [-0.3, -0.25) is 0 Å². The van der Waals surface area contributed by atoms with Crippen molar-refractivity contribution in [1.82, 2.24) is 5.32 Å². The van der Waals surface area contributed by atoms with Crippen molar-refractivity contribution in [2.45, 2.75) is 32.4 Å². The Morgan fingerprint density at radius 1 is 1.32 bits per heavy atom. The van der Waals surface area contributed by atoms with E-state index in [0.29, 0.717) is 19.8 Å². The predicted octanol–water partition coefficient (Wildman–Crippen LogP) is 1.61. The molecule has 0 saturated carbocycles. The second-order valence-electron chi connectivity index (χ2n) is 4.73. The molecule has 0 aromatic heterocycles. The van der Waals surface area contributed by atoms with Gasteiger partial charge in [0.25, 0.3) is 0 Å². The third-order valence-electron chi connectivity index (χ3n) is 2.87. The van der Waals surface area contributed by atoms with E-state index in [-0.39, 0.29) is 6.04 Å². The molecule has 1 rings (SSSR count). The smallest absolute Gasteiger partial charge is 0.119 e. The standard InChI is InChI=1S/C15H25NO3/c1-4-13-6-5-7-15(8-13)19-11-14(17)9-16-12(2)10-18-3/h5-8,12,14,16-17H,4,9-11H2,1-3H3. The van der Waals surface area contributed by atoms with Gasteiger partial charge >= 0.3 is 0 Å². The number of aryl methyl sites for hydroxylation is 1. The molecule has 0 aliphatic rings. The fourth-order valence-corrected chi connectivity index (χ4v) is 1.75. The molecule has 0 radical (unpaired) electrons. The van der Waals surface area contributed by atoms with E-state index in [1.54, 1.807) is 7.11 Å². The molecule has 2 unspecified atom stereocenters. The van der Waals surface area contributed by atoms with Crippen LogP contribution in [-0.2, 0) is 11.2 Å². The van der Waals surface area contributed by atoms with Gasteiger partial charge in [0.2, 0.25) is 0 Å². The molecule has 0 bridgehead atoms. The summed E-state index contributed by atoms with van der Waals surface area (Å²) in [6, 6.07) is 8.18. The highest BCUT2D eigenvalue weighted by molar-refractivity contribution is 5.28. The van der Waals surface area contributed by atoms with Crippen molar-refractivity contribution >= 4 is 0 Å². The van der Waals surface area contributed by atoms with E-state index < -0.39 is 6.10 Å². The van der Waals surface area contributed by atoms with Crippen LogP contribution in [0.5, 0.6) is 5.75 Å². The topological polar surface area (TPSA) is 50.7 Å². The normalized spacial score (nSPS) is 14.1. The highest BCUT2D eigenvalue weighted by Crippen LogP contribution is 2.13. The molecule has 0 amide bonds. The Morgan fingerprint density at radius 3 is 2.79 bits per heavy atom. The van der Waals surface area contributed by atoms with Gasteiger partial charge in [-0.25, -0.2) is 0 Å². The molecule has 4 heteroatoms. The molecular formula is C15H25NO3. The maximum Gasteiger partial charge on any atom is 0.119 e. The van der Waals surface area contributed by atoms with Crippen LogP contribution in [0, 0.1) is 0 Å². The summed E-state index contributed by atoms with van der Waals surface area (Å²) in [6.45, 7) is 5.54. The van der Waals surface area contributed by atoms with Crippen LogP contribution in [0.4, 0.5) is 0 Å². The van der Waals surface area contributed by atoms with Crippen LogP contribution in [0.25, 0.3) is 0 Å². The molecule has 0 saturated heterocycles. The summed E-state index contributed by atoms with van der Waals surface area (Å²) in [7, 11) is 1.67. The summed E-state index contributed by atoms with van der Waals surface area (Å²) in [5, 5.41) is 13.0. The second kappa shape index (κ2) is 8.91. The molecule has 19 heavy (non-hydrogen) atoms. The summed E-state index contributed by atoms with van der Waals surface area (Å²) in [6.07, 6.45) is 0.458. The maximum atomic E-state index is 9.83. The molecular weight excluding hydrogens is 242 g/mol. The lowest BCUT2D eigenvalue weighted by Crippen LogP contribution is -2.38. The van der Waals surface area contributed by atoms with Gasteiger partial charge in [-0.15, -0.1) is 0 Å². The van der Waals surface area contributed by atoms with Crippen LogP contribution in [0.3, 0.4) is 0 Å². The van der Waals surface area contributed by atoms with Crippen LogP contribution in [0.15, 0.2) is 24.3 Å². The zero-order valence-corrected chi connectivity index (χ0v) is 12.1. The van der Waals surface area contributed by atoms with Crippen LogP contribution in [-0.4, -0.2) is 44.1 Å². The number of methoxy groups -OCH3 is 1. The number of rotatable bonds is 9. The fourth-order valence-electron chi connectivity index (χ4n) is 1.75. The molecule has 0 fully saturated rings. The van der Waals surface area contributed by atoms with Crippen LogP contribution in [0.1, 0.15) is 19.4 Å². The zero-order chi connectivity index (χ0) is 14.1. The first kappa shape index (κ1) is 16.0. The molecule has 1 aromatic carbocycles. The predicted molar refractivity (Wildman–Crippen MR) is 76.7 cm³/mol. The highest BCUT2D eigenvalue weighted by Gasteiger charge is 2.08. The Morgan fingerprint density at radius 2 is 2.11 bits per heavy atom. The van der Waals surface area contributed by atoms with Gasteiger partial charge in [-0.1, -0.05) is 19.1 Å². The number of benzene rings is 1. The lowest BCUT2D eigenvalue weighted by molar-refractivity contribution is 0.0973. The van der Waals surface area contributed by atoms with Gasteiger partial charge in [0.15, 0.2) is 0 Å². The first-order chi connectivity index (χ1) is 9.15. The molecule has 2 N–H and O–H groups in total. The molecule has 1 aromatic rings. The summed E-state index contributed by atoms with van der Waals surface area (Å²) < 4.78 is 10.6. The van der Waals surface area contributed by atoms with Crippen molar-refractivity contribution in [1.29, 1.82) is 0 Å². The first-order valence-corrected chi connectivity index (χ1v) is 6.77. The van der Waals surface area contributed by atoms with Crippen molar-refractivity contribution in [3.05, 3.63) is 29.8 Å². The van der Waals surface area contributed by atoms with Crippen molar-refractivity contribution in [3.8, 4) is 5.75 Å². The Labute approximate surface area is 115 Å². The van der Waals surface area contributed by atoms with Gasteiger partial charge in [-0.05, 0) is 31.0 Å². The SMILES string of the molecule is CCc1cccc(OCC(O)CNC(C)COC)c1. The fraction of sp³-hybridized carbons (Fsp3) is 0.600. The van der Waals surface area contributed by atoms with Crippen molar-refractivity contribution in [3.63, 3.8) is 0 Å². The molecule has 108 valence electrons. The number of hydrogen-bond donors (Lipinski definition) is 2. The summed E-state index contributed by atoms with van der Waals surface area (Å²) in [4.78, 5) is 0. The second-order valence-corrected chi connectivity index (χ2v) is 4.73. The largest absolute Gasteiger partial charge is 0.491 e. The number of nitrogens with one attached hydrogen (secondary N) is 1. The van der Waals surface area contributed by atoms with Gasteiger partial charge in [0, 0.05) is 19.7 Å². The van der Waals surface area contributed by atoms with Crippen LogP contribution >= 0.6 is 0 Å². The Hall–Kier alpha value is -1.10. The highest BCUT2D eigenvalue weighted by atomic mass is 16.5. The summed E-state index contributed by atoms with van der Waals surface area (Å²) in [5.74, 6) is 0.809. The third-order valence-corrected chi connectivity index (χ3v) is 2.87. The quantitative estimate of drug-likeness (QED) is 0.714. The zero-order valence-electron chi connectivity index (χ0n) is 12.1. The number of aliphatic hydroxyl groups excluding tert-OH is 1. The van der Waals surface area contributed by atoms with Crippen LogP contribution < -0.4 is 10.1 Å². The minimum atomic E-state index is -0.524. The van der Waals surface area contributed by atoms with E-state index in [1.807, 2.05) is 25.1 Å². The van der Waals surface area contributed by atoms with Gasteiger partial charge in [0.1, 0.15) is 18.5 Å². The van der Waals surface area contributed by atoms with E-state index >= 15 is 0 Å². The van der Waals surface area contributed by atoms with Crippen molar-refractivity contribution in [2.24, 2.45) is 0 Å². The molecule has 0 spiro atoms. The van der Waals surface area contributed by atoms with E-state index in [4.69, 9.17) is 9.47 Å². The minimum Gasteiger partial charge on any atom is -0.491 e.